The zero-order valence-electron chi connectivity index (χ0n) is 15.0. The molecule has 0 saturated heterocycles. The van der Waals surface area contributed by atoms with Crippen LogP contribution < -0.4 is 10.1 Å². The van der Waals surface area contributed by atoms with Crippen LogP contribution in [0.15, 0.2) is 84.9 Å². The van der Waals surface area contributed by atoms with Gasteiger partial charge in [0.25, 0.3) is 5.91 Å². The van der Waals surface area contributed by atoms with Crippen molar-refractivity contribution >= 4 is 16.8 Å². The maximum atomic E-state index is 12.9. The molecular weight excluding hydrogens is 336 g/mol. The van der Waals surface area contributed by atoms with Crippen molar-refractivity contribution in [1.29, 1.82) is 0 Å². The van der Waals surface area contributed by atoms with Crippen molar-refractivity contribution in [3.05, 3.63) is 102 Å². The monoisotopic (exact) mass is 356 g/mol. The van der Waals surface area contributed by atoms with E-state index in [2.05, 4.69) is 10.3 Å². The lowest BCUT2D eigenvalue weighted by molar-refractivity contribution is 0.0939. The van der Waals surface area contributed by atoms with Gasteiger partial charge in [-0.15, -0.1) is 0 Å². The number of carbonyl (C=O) groups excluding carboxylic acids is 1. The maximum Gasteiger partial charge on any atom is 0.268 e. The van der Waals surface area contributed by atoms with Crippen LogP contribution in [0.1, 0.15) is 27.7 Å². The molecule has 2 N–H and O–H groups in total. The second-order valence-electron chi connectivity index (χ2n) is 6.36. The third-order valence-electron chi connectivity index (χ3n) is 4.63. The van der Waals surface area contributed by atoms with E-state index in [1.54, 1.807) is 7.11 Å². The molecule has 0 aliphatic heterocycles. The number of aromatic amines is 1. The Bertz CT molecular complexity index is 1020. The number of nitrogens with one attached hydrogen (secondary N) is 2. The minimum atomic E-state index is -0.254. The van der Waals surface area contributed by atoms with E-state index < -0.39 is 0 Å². The molecule has 4 heteroatoms. The van der Waals surface area contributed by atoms with Crippen LogP contribution in [-0.4, -0.2) is 18.0 Å². The quantitative estimate of drug-likeness (QED) is 0.545. The van der Waals surface area contributed by atoms with Gasteiger partial charge in [0, 0.05) is 10.9 Å². The molecule has 0 aliphatic rings. The molecule has 4 aromatic rings. The van der Waals surface area contributed by atoms with E-state index in [1.807, 2.05) is 84.9 Å². The molecule has 0 bridgehead atoms. The molecule has 27 heavy (non-hydrogen) atoms. The Morgan fingerprint density at radius 2 is 1.56 bits per heavy atom. The first kappa shape index (κ1) is 16.9. The average molecular weight is 356 g/mol. The first-order chi connectivity index (χ1) is 13.2. The molecule has 4 nitrogen and oxygen atoms in total. The Kier molecular flexibility index (Phi) is 4.62. The Morgan fingerprint density at radius 1 is 0.889 bits per heavy atom. The van der Waals surface area contributed by atoms with Crippen molar-refractivity contribution in [3.63, 3.8) is 0 Å². The zero-order chi connectivity index (χ0) is 18.6. The molecule has 1 heterocycles. The number of rotatable bonds is 5. The van der Waals surface area contributed by atoms with Crippen molar-refractivity contribution in [2.45, 2.75) is 6.04 Å². The lowest BCUT2D eigenvalue weighted by atomic mass is 9.98. The van der Waals surface area contributed by atoms with E-state index in [4.69, 9.17) is 4.74 Å². The van der Waals surface area contributed by atoms with Crippen molar-refractivity contribution in [2.24, 2.45) is 0 Å². The molecule has 0 saturated carbocycles. The first-order valence-electron chi connectivity index (χ1n) is 8.82. The van der Waals surface area contributed by atoms with Gasteiger partial charge in [-0.2, -0.15) is 0 Å². The van der Waals surface area contributed by atoms with Crippen LogP contribution in [0.2, 0.25) is 0 Å². The van der Waals surface area contributed by atoms with Gasteiger partial charge in [-0.05, 0) is 35.4 Å². The fraction of sp³-hybridized carbons (Fsp3) is 0.0870. The van der Waals surface area contributed by atoms with Crippen molar-refractivity contribution < 1.29 is 9.53 Å². The number of carbonyl (C=O) groups is 1. The van der Waals surface area contributed by atoms with Gasteiger partial charge in [0.15, 0.2) is 0 Å². The fourth-order valence-corrected chi connectivity index (χ4v) is 3.21. The molecule has 1 unspecified atom stereocenters. The lowest BCUT2D eigenvalue weighted by Gasteiger charge is -2.20. The third kappa shape index (κ3) is 3.55. The van der Waals surface area contributed by atoms with Gasteiger partial charge in [0.2, 0.25) is 0 Å². The van der Waals surface area contributed by atoms with Crippen molar-refractivity contribution in [3.8, 4) is 5.75 Å². The van der Waals surface area contributed by atoms with Gasteiger partial charge in [-0.25, -0.2) is 0 Å². The van der Waals surface area contributed by atoms with E-state index in [0.717, 1.165) is 27.8 Å². The summed E-state index contributed by atoms with van der Waals surface area (Å²) in [6.45, 7) is 0. The normalized spacial score (nSPS) is 11.9. The Morgan fingerprint density at radius 3 is 2.26 bits per heavy atom. The van der Waals surface area contributed by atoms with Crippen molar-refractivity contribution in [2.75, 3.05) is 7.11 Å². The van der Waals surface area contributed by atoms with E-state index in [1.165, 1.54) is 0 Å². The summed E-state index contributed by atoms with van der Waals surface area (Å²) in [7, 11) is 1.64. The van der Waals surface area contributed by atoms with Crippen LogP contribution in [0.4, 0.5) is 0 Å². The number of benzene rings is 3. The number of amides is 1. The van der Waals surface area contributed by atoms with E-state index in [-0.39, 0.29) is 11.9 Å². The summed E-state index contributed by atoms with van der Waals surface area (Å²) in [6.07, 6.45) is 0. The summed E-state index contributed by atoms with van der Waals surface area (Å²) in [5.41, 5.74) is 3.51. The number of hydrogen-bond donors (Lipinski definition) is 2. The maximum absolute atomic E-state index is 12.9. The van der Waals surface area contributed by atoms with Crippen LogP contribution in [0.3, 0.4) is 0 Å². The summed E-state index contributed by atoms with van der Waals surface area (Å²) < 4.78 is 5.25. The fourth-order valence-electron chi connectivity index (χ4n) is 3.21. The Labute approximate surface area is 157 Å². The van der Waals surface area contributed by atoms with Gasteiger partial charge >= 0.3 is 0 Å². The highest BCUT2D eigenvalue weighted by atomic mass is 16.5. The molecule has 1 atom stereocenters. The van der Waals surface area contributed by atoms with E-state index in [0.29, 0.717) is 5.69 Å². The molecule has 4 rings (SSSR count). The summed E-state index contributed by atoms with van der Waals surface area (Å²) >= 11 is 0. The molecule has 1 aromatic heterocycles. The summed E-state index contributed by atoms with van der Waals surface area (Å²) in [6, 6.07) is 27.2. The second-order valence-corrected chi connectivity index (χ2v) is 6.36. The van der Waals surface area contributed by atoms with Crippen LogP contribution in [-0.2, 0) is 0 Å². The van der Waals surface area contributed by atoms with Gasteiger partial charge in [-0.1, -0.05) is 60.7 Å². The predicted molar refractivity (Wildman–Crippen MR) is 107 cm³/mol. The molecule has 0 fully saturated rings. The molecule has 3 aromatic carbocycles. The summed E-state index contributed by atoms with van der Waals surface area (Å²) in [5, 5.41) is 4.17. The number of hydrogen-bond acceptors (Lipinski definition) is 2. The Hall–Kier alpha value is -3.53. The van der Waals surface area contributed by atoms with Crippen LogP contribution in [0, 0.1) is 0 Å². The molecule has 134 valence electrons. The summed E-state index contributed by atoms with van der Waals surface area (Å²) in [4.78, 5) is 16.1. The van der Waals surface area contributed by atoms with E-state index >= 15 is 0 Å². The molecule has 0 radical (unpaired) electrons. The minimum Gasteiger partial charge on any atom is -0.497 e. The number of ether oxygens (including phenoxy) is 1. The average Bonchev–Trinajstić information content (AvgIpc) is 3.17. The number of H-pyrrole nitrogens is 1. The zero-order valence-corrected chi connectivity index (χ0v) is 15.0. The van der Waals surface area contributed by atoms with Gasteiger partial charge in [-0.3, -0.25) is 4.79 Å². The highest BCUT2D eigenvalue weighted by Crippen LogP contribution is 2.25. The number of methoxy groups -OCH3 is 1. The van der Waals surface area contributed by atoms with Crippen molar-refractivity contribution in [1.82, 2.24) is 10.3 Å². The van der Waals surface area contributed by atoms with Gasteiger partial charge in [0.1, 0.15) is 11.4 Å². The third-order valence-corrected chi connectivity index (χ3v) is 4.63. The molecule has 1 amide bonds. The van der Waals surface area contributed by atoms with Crippen LogP contribution in [0.25, 0.3) is 10.9 Å². The standard InChI is InChI=1S/C23H20N2O2/c1-27-19-13-11-17(12-14-19)22(16-7-3-2-4-8-16)25-23(26)21-15-18-9-5-6-10-20(18)24-21/h2-15,22,24H,1H3,(H,25,26). The largest absolute Gasteiger partial charge is 0.497 e. The molecule has 0 aliphatic carbocycles. The molecular formula is C23H20N2O2. The minimum absolute atomic E-state index is 0.143. The SMILES string of the molecule is COc1ccc(C(NC(=O)c2cc3ccccc3[nH]2)c2ccccc2)cc1. The number of para-hydroxylation sites is 1. The Balaban J connectivity index is 1.66. The highest BCUT2D eigenvalue weighted by molar-refractivity contribution is 5.98. The van der Waals surface area contributed by atoms with Crippen LogP contribution in [0.5, 0.6) is 5.75 Å². The van der Waals surface area contributed by atoms with Gasteiger partial charge < -0.3 is 15.0 Å². The topological polar surface area (TPSA) is 54.1 Å². The number of aromatic nitrogens is 1. The highest BCUT2D eigenvalue weighted by Gasteiger charge is 2.19. The smallest absolute Gasteiger partial charge is 0.268 e. The lowest BCUT2D eigenvalue weighted by Crippen LogP contribution is -2.29. The number of fused-ring (bicyclic) bond motifs is 1. The van der Waals surface area contributed by atoms with E-state index in [9.17, 15) is 4.79 Å². The molecule has 0 spiro atoms. The van der Waals surface area contributed by atoms with Crippen LogP contribution >= 0.6 is 0 Å². The first-order valence-corrected chi connectivity index (χ1v) is 8.82. The predicted octanol–water partition coefficient (Wildman–Crippen LogP) is 4.70. The summed E-state index contributed by atoms with van der Waals surface area (Å²) in [5.74, 6) is 0.642. The van der Waals surface area contributed by atoms with Gasteiger partial charge in [0.05, 0.1) is 13.2 Å². The second kappa shape index (κ2) is 7.38.